The summed E-state index contributed by atoms with van der Waals surface area (Å²) >= 11 is 0.979. The topological polar surface area (TPSA) is 83.4 Å². The molecule has 18 heavy (non-hydrogen) atoms. The van der Waals surface area contributed by atoms with Crippen LogP contribution in [0.25, 0.3) is 0 Å². The zero-order valence-corrected chi connectivity index (χ0v) is 10.9. The molecule has 1 saturated heterocycles. The number of aliphatic carboxylic acids is 1. The minimum atomic E-state index is -0.809. The maximum atomic E-state index is 12.1. The second-order valence-electron chi connectivity index (χ2n) is 4.60. The summed E-state index contributed by atoms with van der Waals surface area (Å²) in [4.78, 5) is 25.0. The summed E-state index contributed by atoms with van der Waals surface area (Å²) in [6.45, 7) is 2.70. The van der Waals surface area contributed by atoms with Crippen LogP contribution in [0.1, 0.15) is 36.7 Å². The number of hydrogen-bond acceptors (Lipinski definition) is 5. The van der Waals surface area contributed by atoms with E-state index >= 15 is 0 Å². The Morgan fingerprint density at radius 1 is 1.61 bits per heavy atom. The van der Waals surface area contributed by atoms with Crippen LogP contribution in [0.4, 0.5) is 0 Å². The first-order valence-electron chi connectivity index (χ1n) is 5.89. The number of aromatic nitrogens is 2. The van der Waals surface area contributed by atoms with Crippen molar-refractivity contribution in [3.05, 3.63) is 11.9 Å². The minimum Gasteiger partial charge on any atom is -0.481 e. The molecule has 1 aromatic rings. The van der Waals surface area contributed by atoms with Gasteiger partial charge in [0.15, 0.2) is 5.69 Å². The maximum Gasteiger partial charge on any atom is 0.311 e. The van der Waals surface area contributed by atoms with Crippen LogP contribution < -0.4 is 0 Å². The van der Waals surface area contributed by atoms with E-state index in [0.717, 1.165) is 18.1 Å². The van der Waals surface area contributed by atoms with E-state index in [9.17, 15) is 14.7 Å². The highest BCUT2D eigenvalue weighted by atomic mass is 32.1. The standard InChI is InChI=1S/C11H15N3O3S/c1-2-3-11(10(16)17)4-5-14(7-11)9(15)8-6-12-18-13-8/h6H,2-5,7H2,1H3,(H,16,17). The molecular formula is C11H15N3O3S. The van der Waals surface area contributed by atoms with Gasteiger partial charge in [-0.15, -0.1) is 0 Å². The van der Waals surface area contributed by atoms with Crippen molar-refractivity contribution < 1.29 is 14.7 Å². The molecule has 0 bridgehead atoms. The van der Waals surface area contributed by atoms with Gasteiger partial charge in [0.05, 0.1) is 23.3 Å². The van der Waals surface area contributed by atoms with Crippen LogP contribution in [0, 0.1) is 5.41 Å². The van der Waals surface area contributed by atoms with Crippen molar-refractivity contribution in [3.8, 4) is 0 Å². The van der Waals surface area contributed by atoms with Crippen molar-refractivity contribution >= 4 is 23.6 Å². The van der Waals surface area contributed by atoms with Crippen LogP contribution in [0.5, 0.6) is 0 Å². The molecule has 1 N–H and O–H groups in total. The molecule has 0 radical (unpaired) electrons. The molecule has 0 aliphatic carbocycles. The number of carboxylic acids is 1. The van der Waals surface area contributed by atoms with Crippen LogP contribution in [0.15, 0.2) is 6.20 Å². The van der Waals surface area contributed by atoms with Gasteiger partial charge in [0, 0.05) is 13.1 Å². The van der Waals surface area contributed by atoms with Crippen molar-refractivity contribution in [1.29, 1.82) is 0 Å². The number of carboxylic acid groups (broad SMARTS) is 1. The third kappa shape index (κ3) is 2.22. The summed E-state index contributed by atoms with van der Waals surface area (Å²) in [5.41, 5.74) is -0.480. The van der Waals surface area contributed by atoms with Gasteiger partial charge < -0.3 is 10.0 Å². The monoisotopic (exact) mass is 269 g/mol. The van der Waals surface area contributed by atoms with Crippen molar-refractivity contribution in [2.75, 3.05) is 13.1 Å². The van der Waals surface area contributed by atoms with Crippen LogP contribution in [-0.4, -0.2) is 43.7 Å². The Kier molecular flexibility index (Phi) is 3.60. The minimum absolute atomic E-state index is 0.219. The molecule has 2 rings (SSSR count). The van der Waals surface area contributed by atoms with Gasteiger partial charge in [0.2, 0.25) is 0 Å². The Morgan fingerprint density at radius 3 is 2.94 bits per heavy atom. The third-order valence-electron chi connectivity index (χ3n) is 3.40. The van der Waals surface area contributed by atoms with Gasteiger partial charge in [-0.2, -0.15) is 8.75 Å². The molecule has 1 aromatic heterocycles. The van der Waals surface area contributed by atoms with Gasteiger partial charge in [-0.1, -0.05) is 13.3 Å². The predicted octanol–water partition coefficient (Wildman–Crippen LogP) is 1.26. The summed E-state index contributed by atoms with van der Waals surface area (Å²) in [7, 11) is 0. The predicted molar refractivity (Wildman–Crippen MR) is 65.4 cm³/mol. The summed E-state index contributed by atoms with van der Waals surface area (Å²) in [6.07, 6.45) is 3.33. The number of carbonyl (C=O) groups is 2. The van der Waals surface area contributed by atoms with Gasteiger partial charge in [-0.3, -0.25) is 9.59 Å². The molecule has 1 unspecified atom stereocenters. The number of hydrogen-bond donors (Lipinski definition) is 1. The van der Waals surface area contributed by atoms with E-state index in [1.165, 1.54) is 6.20 Å². The molecule has 0 aromatic carbocycles. The molecule has 0 spiro atoms. The van der Waals surface area contributed by atoms with E-state index < -0.39 is 11.4 Å². The average molecular weight is 269 g/mol. The lowest BCUT2D eigenvalue weighted by atomic mass is 9.83. The SMILES string of the molecule is CCCC1(C(=O)O)CCN(C(=O)c2cnsn2)C1. The highest BCUT2D eigenvalue weighted by Crippen LogP contribution is 2.36. The van der Waals surface area contributed by atoms with E-state index in [1.54, 1.807) is 4.90 Å². The summed E-state index contributed by atoms with van der Waals surface area (Å²) in [5.74, 6) is -1.03. The van der Waals surface area contributed by atoms with Crippen LogP contribution in [0.3, 0.4) is 0 Å². The van der Waals surface area contributed by atoms with Gasteiger partial charge in [-0.05, 0) is 12.8 Å². The molecule has 1 fully saturated rings. The number of carbonyl (C=O) groups excluding carboxylic acids is 1. The van der Waals surface area contributed by atoms with Crippen molar-refractivity contribution in [2.24, 2.45) is 5.41 Å². The molecule has 1 atom stereocenters. The van der Waals surface area contributed by atoms with Crippen molar-refractivity contribution in [3.63, 3.8) is 0 Å². The highest BCUT2D eigenvalue weighted by Gasteiger charge is 2.45. The first kappa shape index (κ1) is 12.9. The summed E-state index contributed by atoms with van der Waals surface area (Å²) in [5, 5.41) is 9.36. The number of nitrogens with zero attached hydrogens (tertiary/aromatic N) is 3. The molecule has 0 saturated carbocycles. The van der Waals surface area contributed by atoms with Crippen LogP contribution in [-0.2, 0) is 4.79 Å². The highest BCUT2D eigenvalue weighted by molar-refractivity contribution is 6.99. The van der Waals surface area contributed by atoms with E-state index in [0.29, 0.717) is 25.1 Å². The molecule has 1 amide bonds. The molecule has 1 aliphatic heterocycles. The van der Waals surface area contributed by atoms with Gasteiger partial charge in [0.25, 0.3) is 5.91 Å². The Morgan fingerprint density at radius 2 is 2.39 bits per heavy atom. The van der Waals surface area contributed by atoms with E-state index in [-0.39, 0.29) is 12.5 Å². The zero-order valence-electron chi connectivity index (χ0n) is 10.1. The largest absolute Gasteiger partial charge is 0.481 e. The van der Waals surface area contributed by atoms with Crippen LogP contribution in [0.2, 0.25) is 0 Å². The third-order valence-corrected chi connectivity index (χ3v) is 3.88. The van der Waals surface area contributed by atoms with Gasteiger partial charge in [-0.25, -0.2) is 0 Å². The fourth-order valence-corrected chi connectivity index (χ4v) is 2.84. The lowest BCUT2D eigenvalue weighted by molar-refractivity contribution is -0.148. The Bertz CT molecular complexity index is 448. The molecule has 6 nitrogen and oxygen atoms in total. The fourth-order valence-electron chi connectivity index (χ4n) is 2.43. The number of likely N-dealkylation sites (tertiary alicyclic amines) is 1. The average Bonchev–Trinajstić information content (AvgIpc) is 2.98. The second-order valence-corrected chi connectivity index (χ2v) is 5.16. The quantitative estimate of drug-likeness (QED) is 0.889. The van der Waals surface area contributed by atoms with E-state index in [4.69, 9.17) is 0 Å². The Hall–Kier alpha value is -1.50. The Balaban J connectivity index is 2.11. The summed E-state index contributed by atoms with van der Waals surface area (Å²) in [6, 6.07) is 0. The molecule has 98 valence electrons. The lowest BCUT2D eigenvalue weighted by Crippen LogP contribution is -2.37. The zero-order chi connectivity index (χ0) is 13.2. The van der Waals surface area contributed by atoms with Gasteiger partial charge >= 0.3 is 5.97 Å². The maximum absolute atomic E-state index is 12.1. The second kappa shape index (κ2) is 5.01. The molecular weight excluding hydrogens is 254 g/mol. The van der Waals surface area contributed by atoms with E-state index in [1.807, 2.05) is 6.92 Å². The van der Waals surface area contributed by atoms with Crippen molar-refractivity contribution in [2.45, 2.75) is 26.2 Å². The number of rotatable bonds is 4. The van der Waals surface area contributed by atoms with Gasteiger partial charge in [0.1, 0.15) is 0 Å². The molecule has 7 heteroatoms. The fraction of sp³-hybridized carbons (Fsp3) is 0.636. The van der Waals surface area contributed by atoms with E-state index in [2.05, 4.69) is 8.75 Å². The van der Waals surface area contributed by atoms with Crippen molar-refractivity contribution in [1.82, 2.24) is 13.6 Å². The normalized spacial score (nSPS) is 23.3. The molecule has 1 aliphatic rings. The molecule has 2 heterocycles. The smallest absolute Gasteiger partial charge is 0.311 e. The van der Waals surface area contributed by atoms with Crippen LogP contribution >= 0.6 is 11.7 Å². The number of amides is 1. The first-order valence-corrected chi connectivity index (χ1v) is 6.62. The lowest BCUT2D eigenvalue weighted by Gasteiger charge is -2.23. The summed E-state index contributed by atoms with van der Waals surface area (Å²) < 4.78 is 7.68. The Labute approximate surface area is 109 Å². The first-order chi connectivity index (χ1) is 8.59.